The number of carbonyl (C=O) groups is 3. The molecule has 3 rings (SSSR count). The Labute approximate surface area is 205 Å². The van der Waals surface area contributed by atoms with E-state index in [2.05, 4.69) is 10.6 Å². The van der Waals surface area contributed by atoms with Crippen molar-refractivity contribution in [3.63, 3.8) is 0 Å². The molecule has 1 aliphatic rings. The van der Waals surface area contributed by atoms with Gasteiger partial charge in [0.15, 0.2) is 6.10 Å². The number of amides is 3. The van der Waals surface area contributed by atoms with Crippen LogP contribution in [0.3, 0.4) is 0 Å². The van der Waals surface area contributed by atoms with Crippen molar-refractivity contribution in [3.05, 3.63) is 71.3 Å². The number of benzene rings is 2. The van der Waals surface area contributed by atoms with E-state index < -0.39 is 28.8 Å². The maximum atomic E-state index is 13.4. The van der Waals surface area contributed by atoms with Crippen molar-refractivity contribution in [3.8, 4) is 0 Å². The molecule has 8 heteroatoms. The van der Waals surface area contributed by atoms with Gasteiger partial charge in [-0.2, -0.15) is 0 Å². The van der Waals surface area contributed by atoms with Gasteiger partial charge in [-0.1, -0.05) is 54.6 Å². The van der Waals surface area contributed by atoms with Crippen molar-refractivity contribution >= 4 is 29.5 Å². The van der Waals surface area contributed by atoms with Crippen molar-refractivity contribution in [1.82, 2.24) is 15.5 Å². The van der Waals surface area contributed by atoms with Crippen LogP contribution in [0.5, 0.6) is 0 Å². The second kappa shape index (κ2) is 11.1. The predicted molar refractivity (Wildman–Crippen MR) is 134 cm³/mol. The number of hydrogen-bond acceptors (Lipinski definition) is 5. The van der Waals surface area contributed by atoms with Crippen LogP contribution in [-0.2, 0) is 27.3 Å². The van der Waals surface area contributed by atoms with Gasteiger partial charge in [-0.3, -0.25) is 14.4 Å². The monoisotopic (exact) mass is 483 g/mol. The molecule has 3 N–H and O–H groups in total. The zero-order valence-electron chi connectivity index (χ0n) is 20.1. The molecule has 2 aromatic carbocycles. The van der Waals surface area contributed by atoms with Crippen LogP contribution >= 0.6 is 11.8 Å². The molecule has 3 atom stereocenters. The van der Waals surface area contributed by atoms with Crippen LogP contribution in [0.25, 0.3) is 0 Å². The fourth-order valence-corrected chi connectivity index (χ4v) is 5.35. The smallest absolute Gasteiger partial charge is 0.254 e. The average molecular weight is 484 g/mol. The van der Waals surface area contributed by atoms with Crippen molar-refractivity contribution in [2.45, 2.75) is 63.6 Å². The molecule has 2 aromatic rings. The van der Waals surface area contributed by atoms with Crippen LogP contribution in [0.2, 0.25) is 0 Å². The molecule has 0 bridgehead atoms. The summed E-state index contributed by atoms with van der Waals surface area (Å²) in [6, 6.07) is 15.6. The molecule has 7 nitrogen and oxygen atoms in total. The standard InChI is InChI=1S/C26H33N3O4S/c1-17-10-8-9-13-20(17)15-27-24(32)23-26(3,4)34-16-29(23)25(33)22(31)21(28-18(2)30)14-19-11-6-5-7-12-19/h5-13,21-23,31H,14-16H2,1-4H3,(H,27,32)(H,28,30)/t21-,22-,23+/m0/s1. The van der Waals surface area contributed by atoms with Crippen LogP contribution in [0.1, 0.15) is 37.5 Å². The quantitative estimate of drug-likeness (QED) is 0.536. The summed E-state index contributed by atoms with van der Waals surface area (Å²) < 4.78 is -0.534. The van der Waals surface area contributed by atoms with E-state index >= 15 is 0 Å². The van der Waals surface area contributed by atoms with Crippen LogP contribution in [0.4, 0.5) is 0 Å². The molecule has 3 amide bonds. The summed E-state index contributed by atoms with van der Waals surface area (Å²) in [5.74, 6) is -0.887. The van der Waals surface area contributed by atoms with E-state index in [0.717, 1.165) is 16.7 Å². The average Bonchev–Trinajstić information content (AvgIpc) is 3.12. The van der Waals surface area contributed by atoms with Gasteiger partial charge in [0, 0.05) is 18.2 Å². The Hall–Kier alpha value is -2.84. The number of aliphatic hydroxyl groups is 1. The van der Waals surface area contributed by atoms with Crippen molar-refractivity contribution in [2.75, 3.05) is 5.88 Å². The highest BCUT2D eigenvalue weighted by Crippen LogP contribution is 2.39. The number of nitrogens with one attached hydrogen (secondary N) is 2. The molecular formula is C26H33N3O4S. The van der Waals surface area contributed by atoms with Crippen molar-refractivity contribution < 1.29 is 19.5 Å². The predicted octanol–water partition coefficient (Wildman–Crippen LogP) is 2.40. The van der Waals surface area contributed by atoms with Gasteiger partial charge >= 0.3 is 0 Å². The molecule has 34 heavy (non-hydrogen) atoms. The molecule has 0 spiro atoms. The topological polar surface area (TPSA) is 98.7 Å². The fraction of sp³-hybridized carbons (Fsp3) is 0.423. The molecule has 0 aromatic heterocycles. The second-order valence-corrected chi connectivity index (χ2v) is 10.8. The van der Waals surface area contributed by atoms with Gasteiger partial charge in [0.25, 0.3) is 5.91 Å². The third kappa shape index (κ3) is 6.18. The molecular weight excluding hydrogens is 450 g/mol. The first-order valence-corrected chi connectivity index (χ1v) is 12.3. The molecule has 0 saturated carbocycles. The van der Waals surface area contributed by atoms with Crippen LogP contribution in [-0.4, -0.2) is 56.5 Å². The first-order valence-electron chi connectivity index (χ1n) is 11.4. The Balaban J connectivity index is 1.76. The van der Waals surface area contributed by atoms with Crippen LogP contribution < -0.4 is 10.6 Å². The van der Waals surface area contributed by atoms with Gasteiger partial charge in [0.1, 0.15) is 6.04 Å². The van der Waals surface area contributed by atoms with E-state index in [1.54, 1.807) is 0 Å². The van der Waals surface area contributed by atoms with Gasteiger partial charge in [0.05, 0.1) is 11.9 Å². The number of hydrogen-bond donors (Lipinski definition) is 3. The summed E-state index contributed by atoms with van der Waals surface area (Å²) in [6.45, 7) is 7.54. The first kappa shape index (κ1) is 25.8. The summed E-state index contributed by atoms with van der Waals surface area (Å²) in [6.07, 6.45) is -1.19. The number of rotatable bonds is 8. The van der Waals surface area contributed by atoms with E-state index in [4.69, 9.17) is 0 Å². The van der Waals surface area contributed by atoms with Crippen molar-refractivity contribution in [2.24, 2.45) is 0 Å². The number of nitrogens with zero attached hydrogens (tertiary/aromatic N) is 1. The minimum atomic E-state index is -1.48. The first-order chi connectivity index (χ1) is 16.1. The normalized spacial score (nSPS) is 18.7. The Morgan fingerprint density at radius 2 is 1.76 bits per heavy atom. The molecule has 1 fully saturated rings. The maximum Gasteiger partial charge on any atom is 0.254 e. The zero-order chi connectivity index (χ0) is 24.9. The Morgan fingerprint density at radius 3 is 2.41 bits per heavy atom. The largest absolute Gasteiger partial charge is 0.381 e. The highest BCUT2D eigenvalue weighted by atomic mass is 32.2. The number of aliphatic hydroxyl groups excluding tert-OH is 1. The lowest BCUT2D eigenvalue weighted by Crippen LogP contribution is -2.58. The van der Waals surface area contributed by atoms with Gasteiger partial charge in [-0.15, -0.1) is 11.8 Å². The minimum Gasteiger partial charge on any atom is -0.381 e. The van der Waals surface area contributed by atoms with Gasteiger partial charge < -0.3 is 20.6 Å². The zero-order valence-corrected chi connectivity index (χ0v) is 20.9. The Kier molecular flexibility index (Phi) is 8.38. The van der Waals surface area contributed by atoms with Crippen LogP contribution in [0, 0.1) is 6.92 Å². The SMILES string of the molecule is CC(=O)N[C@@H](Cc1ccccc1)[C@H](O)C(=O)N1CSC(C)(C)[C@H]1C(=O)NCc1ccccc1C. The lowest BCUT2D eigenvalue weighted by Gasteiger charge is -2.33. The Bertz CT molecular complexity index is 1030. The van der Waals surface area contributed by atoms with Gasteiger partial charge in [0.2, 0.25) is 11.8 Å². The Morgan fingerprint density at radius 1 is 1.12 bits per heavy atom. The molecule has 0 radical (unpaired) electrons. The summed E-state index contributed by atoms with van der Waals surface area (Å²) in [4.78, 5) is 39.9. The van der Waals surface area contributed by atoms with Gasteiger partial charge in [-0.05, 0) is 43.9 Å². The molecule has 1 heterocycles. The highest BCUT2D eigenvalue weighted by molar-refractivity contribution is 8.00. The number of carbonyl (C=O) groups excluding carboxylic acids is 3. The lowest BCUT2D eigenvalue weighted by atomic mass is 9.97. The van der Waals surface area contributed by atoms with Gasteiger partial charge in [-0.25, -0.2) is 0 Å². The molecule has 1 saturated heterocycles. The fourth-order valence-electron chi connectivity index (χ4n) is 4.21. The third-order valence-corrected chi connectivity index (χ3v) is 7.49. The summed E-state index contributed by atoms with van der Waals surface area (Å²) in [7, 11) is 0. The highest BCUT2D eigenvalue weighted by Gasteiger charge is 2.49. The van der Waals surface area contributed by atoms with E-state index in [9.17, 15) is 19.5 Å². The van der Waals surface area contributed by atoms with E-state index in [0.29, 0.717) is 13.0 Å². The number of aryl methyl sites for hydroxylation is 1. The summed E-state index contributed by atoms with van der Waals surface area (Å²) in [5, 5.41) is 16.7. The molecule has 0 aliphatic carbocycles. The lowest BCUT2D eigenvalue weighted by molar-refractivity contribution is -0.147. The number of thioether (sulfide) groups is 1. The molecule has 1 aliphatic heterocycles. The minimum absolute atomic E-state index is 0.266. The van der Waals surface area contributed by atoms with Crippen LogP contribution in [0.15, 0.2) is 54.6 Å². The summed E-state index contributed by atoms with van der Waals surface area (Å²) >= 11 is 1.49. The maximum absolute atomic E-state index is 13.4. The van der Waals surface area contributed by atoms with Crippen molar-refractivity contribution in [1.29, 1.82) is 0 Å². The van der Waals surface area contributed by atoms with E-state index in [1.807, 2.05) is 75.4 Å². The second-order valence-electron chi connectivity index (χ2n) is 9.17. The van der Waals surface area contributed by atoms with E-state index in [1.165, 1.54) is 23.6 Å². The third-order valence-electron chi connectivity index (χ3n) is 6.11. The van der Waals surface area contributed by atoms with E-state index in [-0.39, 0.29) is 17.7 Å². The molecule has 182 valence electrons. The molecule has 0 unspecified atom stereocenters. The summed E-state index contributed by atoms with van der Waals surface area (Å²) in [5.41, 5.74) is 2.97.